The number of benzene rings is 1. The highest BCUT2D eigenvalue weighted by Crippen LogP contribution is 2.10. The number of rotatable bonds is 0. The van der Waals surface area contributed by atoms with E-state index in [1.165, 1.54) is 12.1 Å². The fourth-order valence-electron chi connectivity index (χ4n) is 0.877. The van der Waals surface area contributed by atoms with Crippen molar-refractivity contribution in [1.29, 1.82) is 5.26 Å². The SMILES string of the molecule is N#Cc1c(F)cccc1C#CCS. The molecule has 0 fully saturated rings. The van der Waals surface area contributed by atoms with E-state index in [9.17, 15) is 4.39 Å². The van der Waals surface area contributed by atoms with Gasteiger partial charge < -0.3 is 0 Å². The van der Waals surface area contributed by atoms with Crippen LogP contribution < -0.4 is 0 Å². The van der Waals surface area contributed by atoms with Gasteiger partial charge in [-0.2, -0.15) is 17.9 Å². The molecule has 0 spiro atoms. The first kappa shape index (κ1) is 9.64. The molecule has 0 N–H and O–H groups in total. The van der Waals surface area contributed by atoms with Gasteiger partial charge in [0, 0.05) is 5.56 Å². The van der Waals surface area contributed by atoms with Crippen LogP contribution in [0.5, 0.6) is 0 Å². The Bertz CT molecular complexity index is 409. The minimum absolute atomic E-state index is 0.00298. The monoisotopic (exact) mass is 191 g/mol. The lowest BCUT2D eigenvalue weighted by Crippen LogP contribution is -1.88. The average Bonchev–Trinajstić information content (AvgIpc) is 2.15. The molecule has 0 unspecified atom stereocenters. The maximum Gasteiger partial charge on any atom is 0.142 e. The van der Waals surface area contributed by atoms with Crippen LogP contribution in [0.4, 0.5) is 4.39 Å². The van der Waals surface area contributed by atoms with E-state index >= 15 is 0 Å². The zero-order valence-corrected chi connectivity index (χ0v) is 7.61. The van der Waals surface area contributed by atoms with Crippen LogP contribution in [0.3, 0.4) is 0 Å². The van der Waals surface area contributed by atoms with E-state index < -0.39 is 5.82 Å². The summed E-state index contributed by atoms with van der Waals surface area (Å²) in [4.78, 5) is 0. The smallest absolute Gasteiger partial charge is 0.142 e. The molecule has 0 amide bonds. The van der Waals surface area contributed by atoms with Gasteiger partial charge in [-0.25, -0.2) is 4.39 Å². The van der Waals surface area contributed by atoms with Gasteiger partial charge in [0.1, 0.15) is 17.4 Å². The Labute approximate surface area is 81.6 Å². The summed E-state index contributed by atoms with van der Waals surface area (Å²) >= 11 is 3.89. The third kappa shape index (κ3) is 2.24. The second kappa shape index (κ2) is 4.54. The molecular formula is C10H6FNS. The van der Waals surface area contributed by atoms with Crippen molar-refractivity contribution in [3.05, 3.63) is 35.1 Å². The van der Waals surface area contributed by atoms with E-state index in [2.05, 4.69) is 24.5 Å². The molecule has 0 aliphatic carbocycles. The second-order valence-corrected chi connectivity index (χ2v) is 2.55. The van der Waals surface area contributed by atoms with Crippen LogP contribution in [0.25, 0.3) is 0 Å². The third-order valence-electron chi connectivity index (χ3n) is 1.43. The lowest BCUT2D eigenvalue weighted by atomic mass is 10.1. The Balaban J connectivity index is 3.22. The molecule has 0 aliphatic rings. The Hall–Kier alpha value is -1.45. The summed E-state index contributed by atoms with van der Waals surface area (Å²) < 4.78 is 13.0. The molecule has 0 bridgehead atoms. The summed E-state index contributed by atoms with van der Waals surface area (Å²) in [6.07, 6.45) is 0. The molecule has 0 heterocycles. The van der Waals surface area contributed by atoms with Crippen molar-refractivity contribution in [1.82, 2.24) is 0 Å². The summed E-state index contributed by atoms with van der Waals surface area (Å²) in [7, 11) is 0. The van der Waals surface area contributed by atoms with Gasteiger partial charge in [-0.3, -0.25) is 0 Å². The van der Waals surface area contributed by atoms with Gasteiger partial charge in [0.25, 0.3) is 0 Å². The lowest BCUT2D eigenvalue weighted by molar-refractivity contribution is 0.623. The predicted octanol–water partition coefficient (Wildman–Crippen LogP) is 1.98. The van der Waals surface area contributed by atoms with Gasteiger partial charge >= 0.3 is 0 Å². The molecule has 0 aromatic heterocycles. The van der Waals surface area contributed by atoms with Gasteiger partial charge in [-0.1, -0.05) is 17.9 Å². The number of nitrogens with zero attached hydrogens (tertiary/aromatic N) is 1. The van der Waals surface area contributed by atoms with Crippen molar-refractivity contribution in [2.24, 2.45) is 0 Å². The van der Waals surface area contributed by atoms with Crippen LogP contribution in [0.1, 0.15) is 11.1 Å². The number of halogens is 1. The van der Waals surface area contributed by atoms with Crippen molar-refractivity contribution >= 4 is 12.6 Å². The molecule has 3 heteroatoms. The van der Waals surface area contributed by atoms with Gasteiger partial charge in [-0.05, 0) is 12.1 Å². The normalized spacial score (nSPS) is 8.38. The van der Waals surface area contributed by atoms with E-state index in [-0.39, 0.29) is 5.56 Å². The maximum absolute atomic E-state index is 13.0. The molecule has 0 radical (unpaired) electrons. The number of hydrogen-bond donors (Lipinski definition) is 1. The second-order valence-electron chi connectivity index (χ2n) is 2.23. The minimum Gasteiger partial charge on any atom is -0.205 e. The highest BCUT2D eigenvalue weighted by molar-refractivity contribution is 7.80. The Morgan fingerprint density at radius 3 is 2.85 bits per heavy atom. The summed E-state index contributed by atoms with van der Waals surface area (Å²) in [5.74, 6) is 5.19. The van der Waals surface area contributed by atoms with Crippen molar-refractivity contribution in [2.45, 2.75) is 0 Å². The molecule has 13 heavy (non-hydrogen) atoms. The largest absolute Gasteiger partial charge is 0.205 e. The molecule has 1 aromatic carbocycles. The molecule has 0 aliphatic heterocycles. The molecule has 1 rings (SSSR count). The highest BCUT2D eigenvalue weighted by atomic mass is 32.1. The van der Waals surface area contributed by atoms with Gasteiger partial charge in [-0.15, -0.1) is 0 Å². The third-order valence-corrected chi connectivity index (χ3v) is 1.59. The zero-order chi connectivity index (χ0) is 9.68. The maximum atomic E-state index is 13.0. The van der Waals surface area contributed by atoms with E-state index in [0.717, 1.165) is 0 Å². The summed E-state index contributed by atoms with van der Waals surface area (Å²) in [5, 5.41) is 8.62. The molecule has 64 valence electrons. The molecule has 1 nitrogen and oxygen atoms in total. The fraction of sp³-hybridized carbons (Fsp3) is 0.100. The van der Waals surface area contributed by atoms with Crippen LogP contribution in [0, 0.1) is 29.0 Å². The quantitative estimate of drug-likeness (QED) is 0.492. The number of nitriles is 1. The molecule has 0 atom stereocenters. The first-order valence-electron chi connectivity index (χ1n) is 3.58. The Morgan fingerprint density at radius 2 is 2.23 bits per heavy atom. The van der Waals surface area contributed by atoms with E-state index in [4.69, 9.17) is 5.26 Å². The summed E-state index contributed by atoms with van der Waals surface area (Å²) in [5.41, 5.74) is 0.410. The summed E-state index contributed by atoms with van der Waals surface area (Å²) in [6, 6.07) is 6.15. The van der Waals surface area contributed by atoms with Crippen molar-refractivity contribution in [3.63, 3.8) is 0 Å². The van der Waals surface area contributed by atoms with Crippen molar-refractivity contribution < 1.29 is 4.39 Å². The van der Waals surface area contributed by atoms with Crippen molar-refractivity contribution in [2.75, 3.05) is 5.75 Å². The fourth-order valence-corrected chi connectivity index (χ4v) is 0.956. The highest BCUT2D eigenvalue weighted by Gasteiger charge is 2.04. The van der Waals surface area contributed by atoms with Gasteiger partial charge in [0.05, 0.1) is 5.75 Å². The molecular weight excluding hydrogens is 185 g/mol. The minimum atomic E-state index is -0.534. The number of thiol groups is 1. The Morgan fingerprint density at radius 1 is 1.46 bits per heavy atom. The predicted molar refractivity (Wildman–Crippen MR) is 51.8 cm³/mol. The van der Waals surface area contributed by atoms with Gasteiger partial charge in [0.15, 0.2) is 0 Å². The van der Waals surface area contributed by atoms with Crippen LogP contribution in [-0.2, 0) is 0 Å². The summed E-state index contributed by atoms with van der Waals surface area (Å²) in [6.45, 7) is 0. The van der Waals surface area contributed by atoms with E-state index in [1.807, 2.05) is 0 Å². The number of hydrogen-bond acceptors (Lipinski definition) is 2. The first-order chi connectivity index (χ1) is 6.29. The Kier molecular flexibility index (Phi) is 3.37. The van der Waals surface area contributed by atoms with Crippen molar-refractivity contribution in [3.8, 4) is 17.9 Å². The average molecular weight is 191 g/mol. The van der Waals surface area contributed by atoms with Crippen LogP contribution in [0.15, 0.2) is 18.2 Å². The molecule has 0 saturated heterocycles. The topological polar surface area (TPSA) is 23.8 Å². The molecule has 1 aromatic rings. The van der Waals surface area contributed by atoms with Gasteiger partial charge in [0.2, 0.25) is 0 Å². The first-order valence-corrected chi connectivity index (χ1v) is 4.21. The standard InChI is InChI=1S/C10H6FNS/c11-10-5-1-3-8(4-2-6-13)9(10)7-12/h1,3,5,13H,6H2. The van der Waals surface area contributed by atoms with Crippen LogP contribution >= 0.6 is 12.6 Å². The molecule has 0 saturated carbocycles. The van der Waals surface area contributed by atoms with Crippen LogP contribution in [-0.4, -0.2) is 5.75 Å². The lowest BCUT2D eigenvalue weighted by Gasteiger charge is -1.95. The van der Waals surface area contributed by atoms with Crippen LogP contribution in [0.2, 0.25) is 0 Å². The van der Waals surface area contributed by atoms with E-state index in [0.29, 0.717) is 11.3 Å². The van der Waals surface area contributed by atoms with E-state index in [1.54, 1.807) is 12.1 Å². The zero-order valence-electron chi connectivity index (χ0n) is 6.71.